The molecule has 0 aromatic carbocycles. The van der Waals surface area contributed by atoms with Crippen molar-refractivity contribution in [2.75, 3.05) is 12.4 Å². The Labute approximate surface area is 105 Å². The minimum absolute atomic E-state index is 0.0101. The molecule has 0 saturated heterocycles. The monoisotopic (exact) mass is 262 g/mol. The van der Waals surface area contributed by atoms with Crippen LogP contribution in [0.15, 0.2) is 0 Å². The Balaban J connectivity index is 2.32. The topological polar surface area (TPSA) is 63.6 Å². The van der Waals surface area contributed by atoms with Gasteiger partial charge in [-0.05, 0) is 39.0 Å². The summed E-state index contributed by atoms with van der Waals surface area (Å²) in [4.78, 5) is 11.7. The van der Waals surface area contributed by atoms with E-state index in [-0.39, 0.29) is 18.7 Å². The Kier molecular flexibility index (Phi) is 6.73. The van der Waals surface area contributed by atoms with E-state index in [4.69, 9.17) is 9.84 Å². The van der Waals surface area contributed by atoms with Crippen molar-refractivity contribution in [3.8, 4) is 0 Å². The van der Waals surface area contributed by atoms with Crippen LogP contribution in [0.4, 0.5) is 0 Å². The molecule has 2 unspecified atom stereocenters. The molecule has 0 amide bonds. The SMILES string of the molecule is CC(C(=O)OC1CCCCC1)S(=O)CCCO. The molecule has 0 radical (unpaired) electrons. The maximum atomic E-state index is 11.7. The van der Waals surface area contributed by atoms with E-state index < -0.39 is 16.0 Å². The molecule has 1 aliphatic rings. The second-order valence-electron chi connectivity index (χ2n) is 4.50. The maximum absolute atomic E-state index is 11.7. The summed E-state index contributed by atoms with van der Waals surface area (Å²) in [5.74, 6) is 0.00502. The molecule has 0 spiro atoms. The van der Waals surface area contributed by atoms with Crippen LogP contribution >= 0.6 is 0 Å². The van der Waals surface area contributed by atoms with Crippen LogP contribution in [0.3, 0.4) is 0 Å². The van der Waals surface area contributed by atoms with Crippen LogP contribution in [0.1, 0.15) is 45.4 Å². The second-order valence-corrected chi connectivity index (χ2v) is 6.38. The van der Waals surface area contributed by atoms with Crippen molar-refractivity contribution >= 4 is 16.8 Å². The Hall–Kier alpha value is -0.420. The van der Waals surface area contributed by atoms with E-state index in [1.807, 2.05) is 0 Å². The third kappa shape index (κ3) is 5.17. The summed E-state index contributed by atoms with van der Waals surface area (Å²) in [5.41, 5.74) is 0. The predicted molar refractivity (Wildman–Crippen MR) is 67.1 cm³/mol. The molecule has 17 heavy (non-hydrogen) atoms. The lowest BCUT2D eigenvalue weighted by molar-refractivity contribution is -0.149. The minimum atomic E-state index is -1.23. The molecule has 0 heterocycles. The van der Waals surface area contributed by atoms with Crippen molar-refractivity contribution in [1.82, 2.24) is 0 Å². The van der Waals surface area contributed by atoms with Crippen LogP contribution in [0.25, 0.3) is 0 Å². The molecule has 100 valence electrons. The largest absolute Gasteiger partial charge is 0.461 e. The van der Waals surface area contributed by atoms with E-state index in [0.717, 1.165) is 25.7 Å². The van der Waals surface area contributed by atoms with Gasteiger partial charge in [0, 0.05) is 23.2 Å². The Morgan fingerprint density at radius 1 is 1.41 bits per heavy atom. The van der Waals surface area contributed by atoms with Crippen LogP contribution in [0.5, 0.6) is 0 Å². The molecule has 2 atom stereocenters. The summed E-state index contributed by atoms with van der Waals surface area (Å²) in [6, 6.07) is 0. The van der Waals surface area contributed by atoms with Crippen molar-refractivity contribution in [2.45, 2.75) is 56.8 Å². The van der Waals surface area contributed by atoms with Gasteiger partial charge in [0.2, 0.25) is 0 Å². The van der Waals surface area contributed by atoms with Gasteiger partial charge < -0.3 is 9.84 Å². The molecule has 1 rings (SSSR count). The van der Waals surface area contributed by atoms with Crippen molar-refractivity contribution in [3.63, 3.8) is 0 Å². The summed E-state index contributed by atoms with van der Waals surface area (Å²) in [7, 11) is -1.23. The normalized spacial score (nSPS) is 20.8. The molecule has 0 aromatic rings. The molecule has 0 bridgehead atoms. The van der Waals surface area contributed by atoms with Crippen molar-refractivity contribution < 1.29 is 18.8 Å². The summed E-state index contributed by atoms with van der Waals surface area (Å²) in [6.07, 6.45) is 5.79. The van der Waals surface area contributed by atoms with Gasteiger partial charge >= 0.3 is 5.97 Å². The number of carbonyl (C=O) groups is 1. The van der Waals surface area contributed by atoms with E-state index in [9.17, 15) is 9.00 Å². The van der Waals surface area contributed by atoms with Crippen molar-refractivity contribution in [1.29, 1.82) is 0 Å². The highest BCUT2D eigenvalue weighted by molar-refractivity contribution is 7.86. The summed E-state index contributed by atoms with van der Waals surface area (Å²) >= 11 is 0. The van der Waals surface area contributed by atoms with Crippen LogP contribution in [0.2, 0.25) is 0 Å². The molecular weight excluding hydrogens is 240 g/mol. The van der Waals surface area contributed by atoms with Gasteiger partial charge in [-0.2, -0.15) is 0 Å². The quantitative estimate of drug-likeness (QED) is 0.735. The highest BCUT2D eigenvalue weighted by Crippen LogP contribution is 2.21. The molecule has 1 aliphatic carbocycles. The average molecular weight is 262 g/mol. The van der Waals surface area contributed by atoms with Crippen LogP contribution < -0.4 is 0 Å². The van der Waals surface area contributed by atoms with E-state index in [0.29, 0.717) is 12.2 Å². The van der Waals surface area contributed by atoms with Crippen LogP contribution in [-0.4, -0.2) is 39.0 Å². The van der Waals surface area contributed by atoms with Gasteiger partial charge in [-0.25, -0.2) is 0 Å². The lowest BCUT2D eigenvalue weighted by atomic mass is 9.98. The van der Waals surface area contributed by atoms with Gasteiger partial charge in [0.15, 0.2) is 0 Å². The molecule has 1 fully saturated rings. The van der Waals surface area contributed by atoms with E-state index in [1.54, 1.807) is 6.92 Å². The van der Waals surface area contributed by atoms with Gasteiger partial charge in [0.05, 0.1) is 0 Å². The lowest BCUT2D eigenvalue weighted by Gasteiger charge is -2.23. The lowest BCUT2D eigenvalue weighted by Crippen LogP contribution is -2.31. The summed E-state index contributed by atoms with van der Waals surface area (Å²) in [5, 5.41) is 8.07. The highest BCUT2D eigenvalue weighted by atomic mass is 32.2. The smallest absolute Gasteiger partial charge is 0.321 e. The standard InChI is InChI=1S/C12H22O4S/c1-10(17(15)9-5-8-13)12(14)16-11-6-3-2-4-7-11/h10-11,13H,2-9H2,1H3. The van der Waals surface area contributed by atoms with Crippen molar-refractivity contribution in [2.24, 2.45) is 0 Å². The van der Waals surface area contributed by atoms with Crippen LogP contribution in [-0.2, 0) is 20.3 Å². The van der Waals surface area contributed by atoms with Crippen LogP contribution in [0, 0.1) is 0 Å². The summed E-state index contributed by atoms with van der Waals surface area (Å²) < 4.78 is 17.0. The Morgan fingerprint density at radius 2 is 2.06 bits per heavy atom. The third-order valence-corrected chi connectivity index (χ3v) is 4.74. The molecule has 5 heteroatoms. The number of ether oxygens (including phenoxy) is 1. The Bertz CT molecular complexity index is 261. The first-order valence-corrected chi connectivity index (χ1v) is 7.72. The predicted octanol–water partition coefficient (Wildman–Crippen LogP) is 1.38. The molecular formula is C12H22O4S. The second kappa shape index (κ2) is 7.82. The van der Waals surface area contributed by atoms with Gasteiger partial charge in [-0.1, -0.05) is 6.42 Å². The van der Waals surface area contributed by atoms with Crippen molar-refractivity contribution in [3.05, 3.63) is 0 Å². The zero-order valence-corrected chi connectivity index (χ0v) is 11.2. The fraction of sp³-hybridized carbons (Fsp3) is 0.917. The number of aliphatic hydroxyl groups excluding tert-OH is 1. The number of hydrogen-bond acceptors (Lipinski definition) is 4. The van der Waals surface area contributed by atoms with Gasteiger partial charge in [0.25, 0.3) is 0 Å². The first-order valence-electron chi connectivity index (χ1n) is 6.33. The molecule has 1 N–H and O–H groups in total. The number of esters is 1. The Morgan fingerprint density at radius 3 is 2.65 bits per heavy atom. The first kappa shape index (κ1) is 14.6. The van der Waals surface area contributed by atoms with E-state index in [2.05, 4.69) is 0 Å². The fourth-order valence-electron chi connectivity index (χ4n) is 1.93. The van der Waals surface area contributed by atoms with Gasteiger partial charge in [-0.15, -0.1) is 0 Å². The first-order chi connectivity index (χ1) is 8.15. The zero-order chi connectivity index (χ0) is 12.7. The van der Waals surface area contributed by atoms with Gasteiger partial charge in [-0.3, -0.25) is 9.00 Å². The molecule has 4 nitrogen and oxygen atoms in total. The molecule has 0 aromatic heterocycles. The number of carbonyl (C=O) groups excluding carboxylic acids is 1. The third-order valence-electron chi connectivity index (χ3n) is 3.06. The minimum Gasteiger partial charge on any atom is -0.461 e. The summed E-state index contributed by atoms with van der Waals surface area (Å²) in [6.45, 7) is 1.65. The number of aliphatic hydroxyl groups is 1. The average Bonchev–Trinajstić information content (AvgIpc) is 2.36. The molecule has 1 saturated carbocycles. The number of hydrogen-bond donors (Lipinski definition) is 1. The molecule has 0 aliphatic heterocycles. The number of rotatable bonds is 6. The highest BCUT2D eigenvalue weighted by Gasteiger charge is 2.25. The zero-order valence-electron chi connectivity index (χ0n) is 10.4. The van der Waals surface area contributed by atoms with E-state index >= 15 is 0 Å². The van der Waals surface area contributed by atoms with Gasteiger partial charge in [0.1, 0.15) is 11.4 Å². The maximum Gasteiger partial charge on any atom is 0.321 e. The fourth-order valence-corrected chi connectivity index (χ4v) is 2.97. The van der Waals surface area contributed by atoms with E-state index in [1.165, 1.54) is 6.42 Å².